The van der Waals surface area contributed by atoms with Crippen molar-refractivity contribution < 1.29 is 13.9 Å². The number of ether oxygens (including phenoxy) is 1. The molecule has 3 heterocycles. The molecule has 1 amide bonds. The zero-order valence-electron chi connectivity index (χ0n) is 17.3. The molecule has 0 N–H and O–H groups in total. The second-order valence-electron chi connectivity index (χ2n) is 7.65. The minimum absolute atomic E-state index is 0.0791. The standard InChI is InChI=1S/C24H23N3O3S/c1-17-5-4-6-18(15-17)29-16-19-9-10-21(30-19)24(28)27-13-11-26(12-14-27)23-20-7-2-3-8-22(20)31-25-23/h2-10,15H,11-14,16H2,1H3. The molecular formula is C24H23N3O3S. The second-order valence-corrected chi connectivity index (χ2v) is 8.46. The molecule has 31 heavy (non-hydrogen) atoms. The van der Waals surface area contributed by atoms with Gasteiger partial charge in [0.2, 0.25) is 0 Å². The largest absolute Gasteiger partial charge is 0.486 e. The molecule has 1 aliphatic rings. The molecule has 2 aromatic carbocycles. The van der Waals surface area contributed by atoms with E-state index in [4.69, 9.17) is 9.15 Å². The summed E-state index contributed by atoms with van der Waals surface area (Å²) >= 11 is 1.52. The van der Waals surface area contributed by atoms with Gasteiger partial charge in [0.1, 0.15) is 23.9 Å². The molecule has 1 fully saturated rings. The number of aromatic nitrogens is 1. The number of aryl methyl sites for hydroxylation is 1. The van der Waals surface area contributed by atoms with Crippen molar-refractivity contribution in [3.63, 3.8) is 0 Å². The third-order valence-corrected chi connectivity index (χ3v) is 6.28. The maximum atomic E-state index is 12.9. The molecular weight excluding hydrogens is 410 g/mol. The van der Waals surface area contributed by atoms with E-state index in [-0.39, 0.29) is 5.91 Å². The van der Waals surface area contributed by atoms with Gasteiger partial charge in [-0.2, -0.15) is 4.37 Å². The number of carbonyl (C=O) groups excluding carboxylic acids is 1. The Morgan fingerprint density at radius 2 is 1.90 bits per heavy atom. The molecule has 4 aromatic rings. The molecule has 5 rings (SSSR count). The molecule has 6 nitrogen and oxygen atoms in total. The van der Waals surface area contributed by atoms with E-state index < -0.39 is 0 Å². The van der Waals surface area contributed by atoms with Crippen molar-refractivity contribution >= 4 is 33.3 Å². The molecule has 0 radical (unpaired) electrons. The van der Waals surface area contributed by atoms with Gasteiger partial charge in [-0.05, 0) is 60.4 Å². The molecule has 0 bridgehead atoms. The van der Waals surface area contributed by atoms with Gasteiger partial charge in [-0.15, -0.1) is 0 Å². The number of furan rings is 1. The van der Waals surface area contributed by atoms with Gasteiger partial charge in [0.25, 0.3) is 5.91 Å². The first-order valence-electron chi connectivity index (χ1n) is 10.3. The lowest BCUT2D eigenvalue weighted by Gasteiger charge is -2.34. The van der Waals surface area contributed by atoms with Crippen LogP contribution in [0.2, 0.25) is 0 Å². The van der Waals surface area contributed by atoms with Gasteiger partial charge in [0.15, 0.2) is 5.76 Å². The monoisotopic (exact) mass is 433 g/mol. The van der Waals surface area contributed by atoms with Crippen molar-refractivity contribution in [3.8, 4) is 5.75 Å². The summed E-state index contributed by atoms with van der Waals surface area (Å²) in [4.78, 5) is 17.0. The average Bonchev–Trinajstić information content (AvgIpc) is 3.45. The highest BCUT2D eigenvalue weighted by molar-refractivity contribution is 7.13. The Morgan fingerprint density at radius 3 is 2.74 bits per heavy atom. The van der Waals surface area contributed by atoms with Crippen LogP contribution in [0.5, 0.6) is 5.75 Å². The van der Waals surface area contributed by atoms with Crippen LogP contribution in [0.15, 0.2) is 65.1 Å². The van der Waals surface area contributed by atoms with E-state index in [0.29, 0.717) is 31.2 Å². The third-order valence-electron chi connectivity index (χ3n) is 5.47. The van der Waals surface area contributed by atoms with Gasteiger partial charge < -0.3 is 19.0 Å². The summed E-state index contributed by atoms with van der Waals surface area (Å²) in [5.41, 5.74) is 1.14. The zero-order chi connectivity index (χ0) is 21.2. The molecule has 0 unspecified atom stereocenters. The Hall–Kier alpha value is -3.32. The van der Waals surface area contributed by atoms with Crippen LogP contribution in [0.1, 0.15) is 21.9 Å². The van der Waals surface area contributed by atoms with Gasteiger partial charge in [0.05, 0.1) is 4.70 Å². The van der Waals surface area contributed by atoms with Crippen molar-refractivity contribution in [2.45, 2.75) is 13.5 Å². The fourth-order valence-electron chi connectivity index (χ4n) is 3.81. The lowest BCUT2D eigenvalue weighted by atomic mass is 10.2. The number of hydrogen-bond donors (Lipinski definition) is 0. The predicted octanol–water partition coefficient (Wildman–Crippen LogP) is 4.74. The summed E-state index contributed by atoms with van der Waals surface area (Å²) in [7, 11) is 0. The van der Waals surface area contributed by atoms with Crippen LogP contribution in [0.4, 0.5) is 5.82 Å². The van der Waals surface area contributed by atoms with Crippen LogP contribution < -0.4 is 9.64 Å². The number of rotatable bonds is 5. The number of anilines is 1. The van der Waals surface area contributed by atoms with Crippen LogP contribution in [-0.2, 0) is 6.61 Å². The van der Waals surface area contributed by atoms with Crippen LogP contribution >= 0.6 is 11.5 Å². The molecule has 1 aliphatic heterocycles. The third kappa shape index (κ3) is 4.14. The molecule has 1 saturated heterocycles. The van der Waals surface area contributed by atoms with E-state index in [1.165, 1.54) is 21.6 Å². The van der Waals surface area contributed by atoms with Crippen molar-refractivity contribution in [2.75, 3.05) is 31.1 Å². The fourth-order valence-corrected chi connectivity index (χ4v) is 4.60. The van der Waals surface area contributed by atoms with E-state index in [2.05, 4.69) is 21.4 Å². The SMILES string of the molecule is Cc1cccc(OCc2ccc(C(=O)N3CCN(c4nsc5ccccc45)CC3)o2)c1. The number of hydrogen-bond acceptors (Lipinski definition) is 6. The van der Waals surface area contributed by atoms with Crippen LogP contribution in [0.3, 0.4) is 0 Å². The fraction of sp³-hybridized carbons (Fsp3) is 0.250. The maximum Gasteiger partial charge on any atom is 0.289 e. The highest BCUT2D eigenvalue weighted by Crippen LogP contribution is 2.30. The predicted molar refractivity (Wildman–Crippen MR) is 122 cm³/mol. The summed E-state index contributed by atoms with van der Waals surface area (Å²) < 4.78 is 17.4. The van der Waals surface area contributed by atoms with E-state index in [1.807, 2.05) is 48.2 Å². The Kier molecular flexibility index (Phi) is 5.34. The first-order chi connectivity index (χ1) is 15.2. The number of fused-ring (bicyclic) bond motifs is 1. The summed E-state index contributed by atoms with van der Waals surface area (Å²) in [6, 6.07) is 19.7. The van der Waals surface area contributed by atoms with E-state index >= 15 is 0 Å². The van der Waals surface area contributed by atoms with Crippen molar-refractivity contribution in [1.82, 2.24) is 9.27 Å². The highest BCUT2D eigenvalue weighted by Gasteiger charge is 2.26. The van der Waals surface area contributed by atoms with Gasteiger partial charge in [-0.3, -0.25) is 4.79 Å². The minimum atomic E-state index is -0.0791. The number of benzene rings is 2. The number of nitrogens with zero attached hydrogens (tertiary/aromatic N) is 3. The quantitative estimate of drug-likeness (QED) is 0.455. The molecule has 7 heteroatoms. The highest BCUT2D eigenvalue weighted by atomic mass is 32.1. The van der Waals surface area contributed by atoms with Crippen LogP contribution in [-0.4, -0.2) is 41.4 Å². The van der Waals surface area contributed by atoms with Crippen molar-refractivity contribution in [3.05, 3.63) is 77.7 Å². The van der Waals surface area contributed by atoms with E-state index in [9.17, 15) is 4.79 Å². The van der Waals surface area contributed by atoms with Gasteiger partial charge in [0, 0.05) is 31.6 Å². The normalized spacial score (nSPS) is 14.2. The van der Waals surface area contributed by atoms with Crippen molar-refractivity contribution in [2.24, 2.45) is 0 Å². The molecule has 0 aliphatic carbocycles. The van der Waals surface area contributed by atoms with Crippen LogP contribution in [0, 0.1) is 6.92 Å². The Labute approximate surface area is 184 Å². The Balaban J connectivity index is 1.19. The average molecular weight is 434 g/mol. The lowest BCUT2D eigenvalue weighted by Crippen LogP contribution is -2.48. The maximum absolute atomic E-state index is 12.9. The molecule has 0 saturated carbocycles. The van der Waals surface area contributed by atoms with Gasteiger partial charge >= 0.3 is 0 Å². The molecule has 2 aromatic heterocycles. The molecule has 158 valence electrons. The first-order valence-corrected chi connectivity index (χ1v) is 11.1. The topological polar surface area (TPSA) is 58.8 Å². The lowest BCUT2D eigenvalue weighted by molar-refractivity contribution is 0.0710. The molecule has 0 spiro atoms. The number of carbonyl (C=O) groups is 1. The summed E-state index contributed by atoms with van der Waals surface area (Å²) in [5.74, 6) is 2.72. The van der Waals surface area contributed by atoms with Crippen molar-refractivity contribution in [1.29, 1.82) is 0 Å². The Bertz CT molecular complexity index is 1210. The second kappa shape index (κ2) is 8.43. The zero-order valence-corrected chi connectivity index (χ0v) is 18.1. The minimum Gasteiger partial charge on any atom is -0.486 e. The summed E-state index contributed by atoms with van der Waals surface area (Å²) in [5, 5.41) is 1.18. The van der Waals surface area contributed by atoms with E-state index in [0.717, 1.165) is 30.2 Å². The summed E-state index contributed by atoms with van der Waals surface area (Å²) in [6.07, 6.45) is 0. The van der Waals surface area contributed by atoms with Crippen LogP contribution in [0.25, 0.3) is 10.1 Å². The smallest absolute Gasteiger partial charge is 0.289 e. The number of amides is 1. The molecule has 0 atom stereocenters. The van der Waals surface area contributed by atoms with Gasteiger partial charge in [-0.25, -0.2) is 0 Å². The Morgan fingerprint density at radius 1 is 1.06 bits per heavy atom. The number of piperazine rings is 1. The van der Waals surface area contributed by atoms with E-state index in [1.54, 1.807) is 12.1 Å². The first kappa shape index (κ1) is 19.6. The van der Waals surface area contributed by atoms with Gasteiger partial charge in [-0.1, -0.05) is 24.3 Å². The summed E-state index contributed by atoms with van der Waals surface area (Å²) in [6.45, 7) is 5.10.